The first-order chi connectivity index (χ1) is 7.06. The summed E-state index contributed by atoms with van der Waals surface area (Å²) in [5.74, 6) is 1.72. The van der Waals surface area contributed by atoms with E-state index in [0.717, 1.165) is 5.75 Å². The third-order valence-corrected chi connectivity index (χ3v) is 3.68. The predicted octanol–water partition coefficient (Wildman–Crippen LogP) is 2.05. The maximum absolute atomic E-state index is 11.7. The van der Waals surface area contributed by atoms with E-state index in [1.807, 2.05) is 22.6 Å². The summed E-state index contributed by atoms with van der Waals surface area (Å²) in [7, 11) is 0. The van der Waals surface area contributed by atoms with Crippen molar-refractivity contribution in [2.24, 2.45) is 11.8 Å². The van der Waals surface area contributed by atoms with Crippen LogP contribution in [0.2, 0.25) is 0 Å². The quantitative estimate of drug-likeness (QED) is 0.674. The second kappa shape index (κ2) is 5.89. The van der Waals surface area contributed by atoms with E-state index >= 15 is 0 Å². The maximum Gasteiger partial charge on any atom is 0.266 e. The van der Waals surface area contributed by atoms with Gasteiger partial charge in [0.15, 0.2) is 0 Å². The summed E-state index contributed by atoms with van der Waals surface area (Å²) in [4.78, 5) is 15.8. The molecule has 1 unspecified atom stereocenters. The first-order valence-electron chi connectivity index (χ1n) is 4.87. The fourth-order valence-corrected chi connectivity index (χ4v) is 2.29. The van der Waals surface area contributed by atoms with E-state index in [1.54, 1.807) is 17.1 Å². The van der Waals surface area contributed by atoms with Crippen molar-refractivity contribution in [3.63, 3.8) is 0 Å². The summed E-state index contributed by atoms with van der Waals surface area (Å²) in [6.45, 7) is 4.99. The molecule has 0 saturated heterocycles. The van der Waals surface area contributed by atoms with E-state index in [0.29, 0.717) is 22.0 Å². The number of hydrogen-bond donors (Lipinski definition) is 1. The first kappa shape index (κ1) is 13.0. The highest BCUT2D eigenvalue weighted by Crippen LogP contribution is 2.14. The van der Waals surface area contributed by atoms with E-state index < -0.39 is 0 Å². The van der Waals surface area contributed by atoms with Crippen molar-refractivity contribution in [3.8, 4) is 0 Å². The van der Waals surface area contributed by atoms with Crippen LogP contribution in [0.5, 0.6) is 0 Å². The largest absolute Gasteiger partial charge is 0.298 e. The average molecular weight is 338 g/mol. The molecule has 0 radical (unpaired) electrons. The highest BCUT2D eigenvalue weighted by Gasteiger charge is 2.13. The SMILES string of the molecule is CC(C)C(CS)Cn1cncc(I)c1=O. The van der Waals surface area contributed by atoms with Crippen LogP contribution < -0.4 is 5.56 Å². The van der Waals surface area contributed by atoms with E-state index in [1.165, 1.54) is 0 Å². The van der Waals surface area contributed by atoms with Crippen LogP contribution in [0, 0.1) is 15.4 Å². The highest BCUT2D eigenvalue weighted by atomic mass is 127. The number of hydrogen-bond acceptors (Lipinski definition) is 3. The van der Waals surface area contributed by atoms with Gasteiger partial charge >= 0.3 is 0 Å². The average Bonchev–Trinajstić information content (AvgIpc) is 2.19. The van der Waals surface area contributed by atoms with Gasteiger partial charge in [0.25, 0.3) is 5.56 Å². The number of nitrogens with zero attached hydrogens (tertiary/aromatic N) is 2. The zero-order valence-electron chi connectivity index (χ0n) is 8.85. The lowest BCUT2D eigenvalue weighted by Gasteiger charge is -2.19. The Hall–Kier alpha value is -0.0400. The second-order valence-electron chi connectivity index (χ2n) is 3.89. The zero-order valence-corrected chi connectivity index (χ0v) is 11.9. The number of aromatic nitrogens is 2. The Morgan fingerprint density at radius 2 is 2.27 bits per heavy atom. The Bertz CT molecular complexity index is 378. The Labute approximate surface area is 109 Å². The Kier molecular flexibility index (Phi) is 5.11. The van der Waals surface area contributed by atoms with Crippen LogP contribution >= 0.6 is 35.2 Å². The van der Waals surface area contributed by atoms with Gasteiger partial charge < -0.3 is 0 Å². The monoisotopic (exact) mass is 338 g/mol. The Balaban J connectivity index is 2.89. The van der Waals surface area contributed by atoms with Gasteiger partial charge in [0.1, 0.15) is 0 Å². The van der Waals surface area contributed by atoms with Gasteiger partial charge in [-0.25, -0.2) is 4.98 Å². The van der Waals surface area contributed by atoms with E-state index in [9.17, 15) is 4.79 Å². The van der Waals surface area contributed by atoms with E-state index in [4.69, 9.17) is 0 Å². The molecule has 5 heteroatoms. The van der Waals surface area contributed by atoms with Crippen molar-refractivity contribution in [2.75, 3.05) is 5.75 Å². The standard InChI is InChI=1S/C10H15IN2OS/c1-7(2)8(5-15)4-13-6-12-3-9(11)10(13)14/h3,6-8,15H,4-5H2,1-2H3. The molecule has 1 aromatic rings. The lowest BCUT2D eigenvalue weighted by molar-refractivity contribution is 0.365. The molecule has 3 nitrogen and oxygen atoms in total. The molecule has 1 heterocycles. The van der Waals surface area contributed by atoms with Crippen LogP contribution in [0.3, 0.4) is 0 Å². The molecule has 0 amide bonds. The lowest BCUT2D eigenvalue weighted by Crippen LogP contribution is -2.28. The molecule has 0 aliphatic rings. The van der Waals surface area contributed by atoms with Crippen molar-refractivity contribution < 1.29 is 0 Å². The number of thiol groups is 1. The summed E-state index contributed by atoms with van der Waals surface area (Å²) in [5.41, 5.74) is 0.0398. The normalized spacial score (nSPS) is 13.1. The predicted molar refractivity (Wildman–Crippen MR) is 73.4 cm³/mol. The first-order valence-corrected chi connectivity index (χ1v) is 6.58. The van der Waals surface area contributed by atoms with Crippen molar-refractivity contribution in [1.82, 2.24) is 9.55 Å². The van der Waals surface area contributed by atoms with Crippen molar-refractivity contribution in [1.29, 1.82) is 0 Å². The topological polar surface area (TPSA) is 34.9 Å². The molecule has 0 saturated carbocycles. The molecule has 0 N–H and O–H groups in total. The van der Waals surface area contributed by atoms with Gasteiger partial charge in [-0.3, -0.25) is 9.36 Å². The fraction of sp³-hybridized carbons (Fsp3) is 0.600. The van der Waals surface area contributed by atoms with E-state index in [-0.39, 0.29) is 5.56 Å². The lowest BCUT2D eigenvalue weighted by atomic mass is 9.98. The molecule has 0 bridgehead atoms. The van der Waals surface area contributed by atoms with Gasteiger partial charge in [0.05, 0.1) is 9.90 Å². The van der Waals surface area contributed by atoms with E-state index in [2.05, 4.69) is 31.5 Å². The molecular formula is C10H15IN2OS. The smallest absolute Gasteiger partial charge is 0.266 e. The molecule has 1 atom stereocenters. The van der Waals surface area contributed by atoms with Crippen molar-refractivity contribution in [3.05, 3.63) is 26.4 Å². The van der Waals surface area contributed by atoms with Gasteiger partial charge in [0.2, 0.25) is 0 Å². The van der Waals surface area contributed by atoms with Crippen LogP contribution in [0.25, 0.3) is 0 Å². The summed E-state index contributed by atoms with van der Waals surface area (Å²) >= 11 is 6.32. The number of halogens is 1. The van der Waals surface area contributed by atoms with Gasteiger partial charge in [-0.05, 0) is 40.2 Å². The Morgan fingerprint density at radius 3 is 2.80 bits per heavy atom. The molecule has 15 heavy (non-hydrogen) atoms. The maximum atomic E-state index is 11.7. The van der Waals surface area contributed by atoms with Gasteiger partial charge in [-0.2, -0.15) is 12.6 Å². The third-order valence-electron chi connectivity index (χ3n) is 2.47. The molecule has 1 rings (SSSR count). The van der Waals surface area contributed by atoms with Gasteiger partial charge in [-0.15, -0.1) is 0 Å². The molecule has 0 aliphatic heterocycles. The third kappa shape index (κ3) is 3.48. The van der Waals surface area contributed by atoms with Crippen molar-refractivity contribution in [2.45, 2.75) is 20.4 Å². The fourth-order valence-electron chi connectivity index (χ4n) is 1.29. The zero-order chi connectivity index (χ0) is 11.4. The van der Waals surface area contributed by atoms with Crippen LogP contribution in [0.15, 0.2) is 17.3 Å². The minimum absolute atomic E-state index is 0.0398. The minimum atomic E-state index is 0.0398. The molecular weight excluding hydrogens is 323 g/mol. The summed E-state index contributed by atoms with van der Waals surface area (Å²) in [5, 5.41) is 0. The van der Waals surface area contributed by atoms with Crippen LogP contribution in [-0.4, -0.2) is 15.3 Å². The van der Waals surface area contributed by atoms with Gasteiger partial charge in [-0.1, -0.05) is 13.8 Å². The molecule has 0 aliphatic carbocycles. The summed E-state index contributed by atoms with van der Waals surface area (Å²) in [6.07, 6.45) is 3.19. The Morgan fingerprint density at radius 1 is 1.60 bits per heavy atom. The minimum Gasteiger partial charge on any atom is -0.298 e. The molecule has 0 fully saturated rings. The van der Waals surface area contributed by atoms with Crippen LogP contribution in [0.1, 0.15) is 13.8 Å². The van der Waals surface area contributed by atoms with Crippen LogP contribution in [0.4, 0.5) is 0 Å². The molecule has 1 aromatic heterocycles. The van der Waals surface area contributed by atoms with Gasteiger partial charge in [0, 0.05) is 12.7 Å². The van der Waals surface area contributed by atoms with Crippen molar-refractivity contribution >= 4 is 35.2 Å². The molecule has 0 aromatic carbocycles. The molecule has 84 valence electrons. The molecule has 0 spiro atoms. The summed E-state index contributed by atoms with van der Waals surface area (Å²) in [6, 6.07) is 0. The number of rotatable bonds is 4. The highest BCUT2D eigenvalue weighted by molar-refractivity contribution is 14.1. The summed E-state index contributed by atoms with van der Waals surface area (Å²) < 4.78 is 2.33. The van der Waals surface area contributed by atoms with Crippen LogP contribution in [-0.2, 0) is 6.54 Å². The second-order valence-corrected chi connectivity index (χ2v) is 5.41.